The summed E-state index contributed by atoms with van der Waals surface area (Å²) in [6, 6.07) is 9.65. The second-order valence-corrected chi connectivity index (χ2v) is 6.15. The van der Waals surface area contributed by atoms with Crippen LogP contribution >= 0.6 is 11.6 Å². The minimum atomic E-state index is -0.532. The Bertz CT molecular complexity index is 671. The van der Waals surface area contributed by atoms with Crippen molar-refractivity contribution in [1.29, 1.82) is 0 Å². The summed E-state index contributed by atoms with van der Waals surface area (Å²) in [5.41, 5.74) is 0.337. The fourth-order valence-electron chi connectivity index (χ4n) is 1.73. The molecule has 0 radical (unpaired) electrons. The van der Waals surface area contributed by atoms with Crippen LogP contribution in [0.15, 0.2) is 47.8 Å². The Kier molecular flexibility index (Phi) is 4.56. The maximum absolute atomic E-state index is 12.0. The lowest BCUT2D eigenvalue weighted by Gasteiger charge is -2.17. The first-order chi connectivity index (χ1) is 10.3. The van der Waals surface area contributed by atoms with Gasteiger partial charge in [0.2, 0.25) is 0 Å². The number of aromatic nitrogens is 1. The molecule has 0 amide bonds. The Morgan fingerprint density at radius 1 is 1.23 bits per heavy atom. The van der Waals surface area contributed by atoms with E-state index in [-0.39, 0.29) is 17.2 Å². The zero-order valence-corrected chi connectivity index (χ0v) is 13.3. The second-order valence-electron chi connectivity index (χ2n) is 5.72. The van der Waals surface area contributed by atoms with E-state index in [1.807, 2.05) is 20.8 Å². The SMILES string of the molecule is CC(C)(C)O/N=C(/c1ccc(Cl)cc1)c1c(O)ccc[n+]1[O-]. The highest BCUT2D eigenvalue weighted by Crippen LogP contribution is 2.20. The summed E-state index contributed by atoms with van der Waals surface area (Å²) in [6.07, 6.45) is 1.29. The van der Waals surface area contributed by atoms with Crippen molar-refractivity contribution < 1.29 is 14.7 Å². The van der Waals surface area contributed by atoms with E-state index in [9.17, 15) is 10.3 Å². The van der Waals surface area contributed by atoms with Gasteiger partial charge in [-0.2, -0.15) is 4.73 Å². The lowest BCUT2D eigenvalue weighted by Crippen LogP contribution is -2.35. The monoisotopic (exact) mass is 320 g/mol. The van der Waals surface area contributed by atoms with Crippen LogP contribution in [0.3, 0.4) is 0 Å². The molecule has 2 aromatic rings. The zero-order valence-electron chi connectivity index (χ0n) is 12.6. The quantitative estimate of drug-likeness (QED) is 0.408. The van der Waals surface area contributed by atoms with E-state index in [0.29, 0.717) is 15.3 Å². The van der Waals surface area contributed by atoms with E-state index in [4.69, 9.17) is 16.4 Å². The number of benzene rings is 1. The smallest absolute Gasteiger partial charge is 0.288 e. The molecular weight excluding hydrogens is 304 g/mol. The topological polar surface area (TPSA) is 68.8 Å². The van der Waals surface area contributed by atoms with Crippen molar-refractivity contribution in [3.05, 3.63) is 64.1 Å². The lowest BCUT2D eigenvalue weighted by molar-refractivity contribution is -0.607. The first kappa shape index (κ1) is 16.1. The van der Waals surface area contributed by atoms with Crippen molar-refractivity contribution in [1.82, 2.24) is 0 Å². The van der Waals surface area contributed by atoms with Crippen LogP contribution in [0.5, 0.6) is 5.75 Å². The third-order valence-electron chi connectivity index (χ3n) is 2.69. The summed E-state index contributed by atoms with van der Waals surface area (Å²) in [5.74, 6) is -0.177. The second kappa shape index (κ2) is 6.23. The van der Waals surface area contributed by atoms with Crippen LogP contribution in [0.25, 0.3) is 0 Å². The van der Waals surface area contributed by atoms with Crippen LogP contribution < -0.4 is 4.73 Å². The molecule has 22 heavy (non-hydrogen) atoms. The van der Waals surface area contributed by atoms with Crippen molar-refractivity contribution >= 4 is 17.3 Å². The van der Waals surface area contributed by atoms with Gasteiger partial charge in [-0.05, 0) is 39.0 Å². The van der Waals surface area contributed by atoms with Crippen LogP contribution in [-0.2, 0) is 4.84 Å². The lowest BCUT2D eigenvalue weighted by atomic mass is 10.1. The van der Waals surface area contributed by atoms with Crippen molar-refractivity contribution in [3.63, 3.8) is 0 Å². The fourth-order valence-corrected chi connectivity index (χ4v) is 1.85. The minimum Gasteiger partial charge on any atom is -0.618 e. The van der Waals surface area contributed by atoms with Crippen LogP contribution in [0, 0.1) is 5.21 Å². The van der Waals surface area contributed by atoms with E-state index >= 15 is 0 Å². The molecule has 0 spiro atoms. The molecule has 2 rings (SSSR count). The third-order valence-corrected chi connectivity index (χ3v) is 2.94. The highest BCUT2D eigenvalue weighted by Gasteiger charge is 2.23. The van der Waals surface area contributed by atoms with Gasteiger partial charge in [0.15, 0.2) is 17.7 Å². The van der Waals surface area contributed by atoms with Crippen molar-refractivity contribution in [3.8, 4) is 5.75 Å². The van der Waals surface area contributed by atoms with E-state index in [1.54, 1.807) is 24.3 Å². The molecule has 1 heterocycles. The van der Waals surface area contributed by atoms with Crippen molar-refractivity contribution in [2.75, 3.05) is 0 Å². The average molecular weight is 321 g/mol. The number of hydrogen-bond donors (Lipinski definition) is 1. The van der Waals surface area contributed by atoms with Crippen LogP contribution in [0.4, 0.5) is 0 Å². The first-order valence-electron chi connectivity index (χ1n) is 6.71. The van der Waals surface area contributed by atoms with E-state index in [0.717, 1.165) is 0 Å². The van der Waals surface area contributed by atoms with Gasteiger partial charge in [-0.25, -0.2) is 0 Å². The Morgan fingerprint density at radius 3 is 2.41 bits per heavy atom. The highest BCUT2D eigenvalue weighted by molar-refractivity contribution is 6.30. The van der Waals surface area contributed by atoms with E-state index in [2.05, 4.69) is 5.16 Å². The molecule has 6 heteroatoms. The number of rotatable bonds is 3. The number of aromatic hydroxyl groups is 1. The minimum absolute atomic E-state index is 0.0223. The Balaban J connectivity index is 2.58. The molecule has 116 valence electrons. The van der Waals surface area contributed by atoms with Crippen molar-refractivity contribution in [2.24, 2.45) is 5.16 Å². The standard InChI is InChI=1S/C16H17ClN2O3/c1-16(2,3)22-18-14(11-6-8-12(17)9-7-11)15-13(20)5-4-10-19(15)21/h4-10,20H,1-3H3/b18-14-. The van der Waals surface area contributed by atoms with Gasteiger partial charge in [-0.1, -0.05) is 28.9 Å². The number of hydrogen-bond acceptors (Lipinski definition) is 4. The van der Waals surface area contributed by atoms with Gasteiger partial charge in [0.05, 0.1) is 0 Å². The van der Waals surface area contributed by atoms with Crippen LogP contribution in [0.2, 0.25) is 5.02 Å². The normalized spacial score (nSPS) is 12.3. The average Bonchev–Trinajstić information content (AvgIpc) is 2.42. The Labute approximate surface area is 134 Å². The molecule has 0 fully saturated rings. The van der Waals surface area contributed by atoms with Gasteiger partial charge in [0.1, 0.15) is 5.60 Å². The Hall–Kier alpha value is -2.27. The summed E-state index contributed by atoms with van der Waals surface area (Å²) in [4.78, 5) is 5.43. The maximum Gasteiger partial charge on any atom is 0.288 e. The molecule has 5 nitrogen and oxygen atoms in total. The molecule has 0 saturated carbocycles. The molecule has 0 unspecified atom stereocenters. The molecule has 0 aliphatic heterocycles. The third kappa shape index (κ3) is 3.89. The Morgan fingerprint density at radius 2 is 1.86 bits per heavy atom. The predicted molar refractivity (Wildman–Crippen MR) is 85.0 cm³/mol. The van der Waals surface area contributed by atoms with Gasteiger partial charge in [0, 0.05) is 16.7 Å². The molecule has 0 aliphatic carbocycles. The van der Waals surface area contributed by atoms with Gasteiger partial charge in [-0.3, -0.25) is 0 Å². The molecule has 0 saturated heterocycles. The van der Waals surface area contributed by atoms with Gasteiger partial charge < -0.3 is 15.2 Å². The van der Waals surface area contributed by atoms with Crippen LogP contribution in [0.1, 0.15) is 32.0 Å². The summed E-state index contributed by atoms with van der Waals surface area (Å²) in [6.45, 7) is 5.52. The summed E-state index contributed by atoms with van der Waals surface area (Å²) in [7, 11) is 0. The largest absolute Gasteiger partial charge is 0.618 e. The zero-order chi connectivity index (χ0) is 16.3. The molecule has 0 atom stereocenters. The molecule has 0 bridgehead atoms. The van der Waals surface area contributed by atoms with Gasteiger partial charge in [0.25, 0.3) is 5.69 Å². The molecule has 0 aliphatic rings. The van der Waals surface area contributed by atoms with Gasteiger partial charge in [-0.15, -0.1) is 0 Å². The number of oxime groups is 1. The molecule has 1 aromatic heterocycles. The van der Waals surface area contributed by atoms with E-state index in [1.165, 1.54) is 18.3 Å². The van der Waals surface area contributed by atoms with Crippen LogP contribution in [-0.4, -0.2) is 16.4 Å². The highest BCUT2D eigenvalue weighted by atomic mass is 35.5. The number of pyridine rings is 1. The first-order valence-corrected chi connectivity index (χ1v) is 7.09. The number of nitrogens with zero attached hydrogens (tertiary/aromatic N) is 2. The van der Waals surface area contributed by atoms with Gasteiger partial charge >= 0.3 is 0 Å². The van der Waals surface area contributed by atoms with Crippen molar-refractivity contribution in [2.45, 2.75) is 26.4 Å². The molecular formula is C16H17ClN2O3. The number of halogens is 1. The molecule has 1 N–H and O–H groups in total. The fraction of sp³-hybridized carbons (Fsp3) is 0.250. The predicted octanol–water partition coefficient (Wildman–Crippen LogP) is 3.25. The molecule has 1 aromatic carbocycles. The summed E-state index contributed by atoms with van der Waals surface area (Å²) < 4.78 is 0.550. The summed E-state index contributed by atoms with van der Waals surface area (Å²) >= 11 is 5.89. The maximum atomic E-state index is 12.0. The summed E-state index contributed by atoms with van der Waals surface area (Å²) in [5, 5.41) is 26.7. The van der Waals surface area contributed by atoms with E-state index < -0.39 is 5.60 Å².